The Kier molecular flexibility index (Phi) is 3.29. The van der Waals surface area contributed by atoms with Gasteiger partial charge in [-0.15, -0.1) is 10.2 Å². The molecule has 94 valence electrons. The van der Waals surface area contributed by atoms with Crippen molar-refractivity contribution >= 4 is 11.8 Å². The average Bonchev–Trinajstić information content (AvgIpc) is 2.93. The second-order valence-corrected chi connectivity index (χ2v) is 4.67. The van der Waals surface area contributed by atoms with Gasteiger partial charge in [0.1, 0.15) is 5.69 Å². The van der Waals surface area contributed by atoms with Crippen LogP contribution in [0.15, 0.2) is 59.9 Å². The predicted octanol–water partition coefficient (Wildman–Crippen LogP) is 3.05. The van der Waals surface area contributed by atoms with Gasteiger partial charge in [-0.1, -0.05) is 36.0 Å². The van der Waals surface area contributed by atoms with Gasteiger partial charge in [0.25, 0.3) is 0 Å². The van der Waals surface area contributed by atoms with Crippen molar-refractivity contribution in [3.63, 3.8) is 0 Å². The maximum Gasteiger partial charge on any atom is 0.195 e. The fraction of sp³-hybridized carbons (Fsp3) is 0.0714. The minimum absolute atomic E-state index is 0.760. The molecule has 0 aliphatic rings. The first-order chi connectivity index (χ1) is 9.40. The Morgan fingerprint density at radius 3 is 2.42 bits per heavy atom. The highest BCUT2D eigenvalue weighted by molar-refractivity contribution is 7.98. The first-order valence-corrected chi connectivity index (χ1v) is 7.09. The van der Waals surface area contributed by atoms with Gasteiger partial charge < -0.3 is 0 Å². The van der Waals surface area contributed by atoms with Crippen LogP contribution >= 0.6 is 11.8 Å². The second kappa shape index (κ2) is 5.24. The number of hydrogen-bond donors (Lipinski definition) is 0. The van der Waals surface area contributed by atoms with E-state index in [4.69, 9.17) is 0 Å². The van der Waals surface area contributed by atoms with E-state index in [0.717, 1.165) is 22.4 Å². The van der Waals surface area contributed by atoms with Crippen molar-refractivity contribution in [1.29, 1.82) is 0 Å². The summed E-state index contributed by atoms with van der Waals surface area (Å²) in [5, 5.41) is 9.34. The molecule has 5 heteroatoms. The number of aromatic nitrogens is 4. The zero-order valence-electron chi connectivity index (χ0n) is 10.4. The zero-order chi connectivity index (χ0) is 13.1. The molecule has 0 N–H and O–H groups in total. The van der Waals surface area contributed by atoms with Crippen molar-refractivity contribution in [1.82, 2.24) is 19.7 Å². The molecule has 0 fully saturated rings. The van der Waals surface area contributed by atoms with Crippen LogP contribution in [-0.4, -0.2) is 26.0 Å². The fourth-order valence-corrected chi connectivity index (χ4v) is 2.37. The lowest BCUT2D eigenvalue weighted by molar-refractivity contribution is 0.888. The van der Waals surface area contributed by atoms with Gasteiger partial charge in [-0.2, -0.15) is 0 Å². The smallest absolute Gasteiger partial charge is 0.195 e. The van der Waals surface area contributed by atoms with Gasteiger partial charge >= 0.3 is 0 Å². The van der Waals surface area contributed by atoms with E-state index in [0.29, 0.717) is 0 Å². The molecule has 0 amide bonds. The molecule has 2 aromatic heterocycles. The highest BCUT2D eigenvalue weighted by Crippen LogP contribution is 2.25. The molecule has 0 radical (unpaired) electrons. The molecule has 0 atom stereocenters. The highest BCUT2D eigenvalue weighted by atomic mass is 32.2. The predicted molar refractivity (Wildman–Crippen MR) is 76.4 cm³/mol. The monoisotopic (exact) mass is 268 g/mol. The van der Waals surface area contributed by atoms with Gasteiger partial charge in [0.15, 0.2) is 11.0 Å². The van der Waals surface area contributed by atoms with Crippen LogP contribution in [0, 0.1) is 0 Å². The summed E-state index contributed by atoms with van der Waals surface area (Å²) < 4.78 is 2.02. The van der Waals surface area contributed by atoms with Gasteiger partial charge in [0.2, 0.25) is 0 Å². The lowest BCUT2D eigenvalue weighted by Gasteiger charge is -2.08. The molecule has 0 spiro atoms. The van der Waals surface area contributed by atoms with Gasteiger partial charge in [0, 0.05) is 11.9 Å². The lowest BCUT2D eigenvalue weighted by Crippen LogP contribution is -1.99. The summed E-state index contributed by atoms with van der Waals surface area (Å²) in [4.78, 5) is 4.35. The van der Waals surface area contributed by atoms with Crippen LogP contribution in [0.1, 0.15) is 0 Å². The first-order valence-electron chi connectivity index (χ1n) is 5.86. The normalized spacial score (nSPS) is 10.6. The molecule has 1 aromatic carbocycles. The van der Waals surface area contributed by atoms with Crippen molar-refractivity contribution in [2.45, 2.75) is 5.16 Å². The SMILES string of the molecule is CSc1nnc(-c2ccccn2)n1-c1ccccc1. The Morgan fingerprint density at radius 1 is 0.947 bits per heavy atom. The van der Waals surface area contributed by atoms with Crippen LogP contribution in [0.3, 0.4) is 0 Å². The summed E-state index contributed by atoms with van der Waals surface area (Å²) in [6.45, 7) is 0. The largest absolute Gasteiger partial charge is 0.269 e. The van der Waals surface area contributed by atoms with Crippen LogP contribution in [-0.2, 0) is 0 Å². The van der Waals surface area contributed by atoms with E-state index >= 15 is 0 Å². The Bertz CT molecular complexity index is 664. The molecule has 0 aliphatic carbocycles. The Balaban J connectivity index is 2.20. The van der Waals surface area contributed by atoms with E-state index in [1.165, 1.54) is 0 Å². The lowest BCUT2D eigenvalue weighted by atomic mass is 10.3. The summed E-state index contributed by atoms with van der Waals surface area (Å²) in [7, 11) is 0. The van der Waals surface area contributed by atoms with E-state index in [9.17, 15) is 0 Å². The molecule has 0 saturated heterocycles. The Hall–Kier alpha value is -2.14. The second-order valence-electron chi connectivity index (χ2n) is 3.90. The maximum absolute atomic E-state index is 4.35. The minimum atomic E-state index is 0.760. The van der Waals surface area contributed by atoms with E-state index in [1.54, 1.807) is 18.0 Å². The summed E-state index contributed by atoms with van der Waals surface area (Å²) >= 11 is 1.57. The maximum atomic E-state index is 4.35. The van der Waals surface area contributed by atoms with E-state index in [-0.39, 0.29) is 0 Å². The average molecular weight is 268 g/mol. The molecule has 19 heavy (non-hydrogen) atoms. The summed E-state index contributed by atoms with van der Waals surface area (Å²) in [5.74, 6) is 0.760. The van der Waals surface area contributed by atoms with Crippen molar-refractivity contribution in [3.05, 3.63) is 54.7 Å². The summed E-state index contributed by atoms with van der Waals surface area (Å²) in [6, 6.07) is 15.8. The first kappa shape index (κ1) is 11.9. The van der Waals surface area contributed by atoms with Crippen LogP contribution in [0.25, 0.3) is 17.2 Å². The van der Waals surface area contributed by atoms with Crippen molar-refractivity contribution in [2.24, 2.45) is 0 Å². The molecule has 3 rings (SSSR count). The molecular weight excluding hydrogens is 256 g/mol. The van der Waals surface area contributed by atoms with Crippen molar-refractivity contribution < 1.29 is 0 Å². The van der Waals surface area contributed by atoms with Gasteiger partial charge in [-0.05, 0) is 30.5 Å². The molecule has 0 saturated carbocycles. The minimum Gasteiger partial charge on any atom is -0.269 e. The fourth-order valence-electron chi connectivity index (χ4n) is 1.87. The number of hydrogen-bond acceptors (Lipinski definition) is 4. The topological polar surface area (TPSA) is 43.6 Å². The quantitative estimate of drug-likeness (QED) is 0.685. The van der Waals surface area contributed by atoms with Crippen LogP contribution in [0.5, 0.6) is 0 Å². The van der Waals surface area contributed by atoms with Gasteiger partial charge in [0.05, 0.1) is 0 Å². The number of rotatable bonds is 3. The number of benzene rings is 1. The third-order valence-corrected chi connectivity index (χ3v) is 3.35. The number of nitrogens with zero attached hydrogens (tertiary/aromatic N) is 4. The molecular formula is C14H12N4S. The molecule has 2 heterocycles. The van der Waals surface area contributed by atoms with Crippen LogP contribution in [0.2, 0.25) is 0 Å². The van der Waals surface area contributed by atoms with Crippen LogP contribution < -0.4 is 0 Å². The Labute approximate surface area is 115 Å². The van der Waals surface area contributed by atoms with Crippen molar-refractivity contribution in [2.75, 3.05) is 6.26 Å². The molecule has 0 aliphatic heterocycles. The molecule has 3 aromatic rings. The van der Waals surface area contributed by atoms with E-state index in [2.05, 4.69) is 15.2 Å². The summed E-state index contributed by atoms with van der Waals surface area (Å²) in [5.41, 5.74) is 1.86. The number of para-hydroxylation sites is 1. The van der Waals surface area contributed by atoms with Gasteiger partial charge in [-0.25, -0.2) is 0 Å². The highest BCUT2D eigenvalue weighted by Gasteiger charge is 2.15. The van der Waals surface area contributed by atoms with Crippen LogP contribution in [0.4, 0.5) is 0 Å². The summed E-state index contributed by atoms with van der Waals surface area (Å²) in [6.07, 6.45) is 3.75. The third-order valence-electron chi connectivity index (χ3n) is 2.72. The number of pyridine rings is 1. The zero-order valence-corrected chi connectivity index (χ0v) is 11.2. The van der Waals surface area contributed by atoms with Crippen molar-refractivity contribution in [3.8, 4) is 17.2 Å². The number of thioether (sulfide) groups is 1. The molecule has 0 unspecified atom stereocenters. The Morgan fingerprint density at radius 2 is 1.74 bits per heavy atom. The van der Waals surface area contributed by atoms with E-state index < -0.39 is 0 Å². The molecule has 0 bridgehead atoms. The van der Waals surface area contributed by atoms with Gasteiger partial charge in [-0.3, -0.25) is 9.55 Å². The van der Waals surface area contributed by atoms with E-state index in [1.807, 2.05) is 59.4 Å². The third kappa shape index (κ3) is 2.24. The standard InChI is InChI=1S/C14H12N4S/c1-19-14-17-16-13(12-9-5-6-10-15-12)18(14)11-7-3-2-4-8-11/h2-10H,1H3. The molecule has 4 nitrogen and oxygen atoms in total.